The molecule has 2 aromatic rings. The van der Waals surface area contributed by atoms with Crippen molar-refractivity contribution in [2.45, 2.75) is 19.7 Å². The molecule has 0 aliphatic carbocycles. The van der Waals surface area contributed by atoms with Crippen LogP contribution in [0.15, 0.2) is 18.2 Å². The summed E-state index contributed by atoms with van der Waals surface area (Å²) in [6, 6.07) is 6.11. The normalized spacial score (nSPS) is 10.8. The number of aryl methyl sites for hydroxylation is 2. The molecule has 72 valence electrons. The van der Waals surface area contributed by atoms with Gasteiger partial charge in [0.05, 0.1) is 11.4 Å². The van der Waals surface area contributed by atoms with Gasteiger partial charge in [0, 0.05) is 11.1 Å². The van der Waals surface area contributed by atoms with E-state index in [4.69, 9.17) is 11.6 Å². The number of alkyl halides is 1. The molecule has 0 bridgehead atoms. The highest BCUT2D eigenvalue weighted by Gasteiger charge is 2.04. The van der Waals surface area contributed by atoms with Gasteiger partial charge in [0.1, 0.15) is 5.82 Å². The fraction of sp³-hybridized carbons (Fsp3) is 0.273. The maximum Gasteiger partial charge on any atom is 0.144 e. The zero-order valence-electron chi connectivity index (χ0n) is 8.21. The van der Waals surface area contributed by atoms with Crippen LogP contribution in [0.3, 0.4) is 0 Å². The highest BCUT2D eigenvalue weighted by Crippen LogP contribution is 2.18. The molecule has 0 saturated heterocycles. The lowest BCUT2D eigenvalue weighted by Crippen LogP contribution is -1.97. The van der Waals surface area contributed by atoms with Gasteiger partial charge in [-0.3, -0.25) is 0 Å². The smallest absolute Gasteiger partial charge is 0.144 e. The monoisotopic (exact) mass is 206 g/mol. The number of aromatic nitrogens is 2. The van der Waals surface area contributed by atoms with Crippen LogP contribution < -0.4 is 0 Å². The van der Waals surface area contributed by atoms with Crippen LogP contribution in [0.1, 0.15) is 17.1 Å². The van der Waals surface area contributed by atoms with Gasteiger partial charge in [0.15, 0.2) is 0 Å². The lowest BCUT2D eigenvalue weighted by atomic mass is 10.1. The molecule has 0 fully saturated rings. The van der Waals surface area contributed by atoms with Crippen molar-refractivity contribution in [2.24, 2.45) is 0 Å². The van der Waals surface area contributed by atoms with Gasteiger partial charge in [-0.05, 0) is 19.4 Å². The molecular formula is C11H11ClN2. The van der Waals surface area contributed by atoms with Gasteiger partial charge in [-0.1, -0.05) is 18.2 Å². The molecule has 1 aromatic carbocycles. The summed E-state index contributed by atoms with van der Waals surface area (Å²) in [5.74, 6) is 1.07. The maximum atomic E-state index is 5.73. The largest absolute Gasteiger partial charge is 0.236 e. The summed E-state index contributed by atoms with van der Waals surface area (Å²) in [6.07, 6.45) is 0. The highest BCUT2D eigenvalue weighted by atomic mass is 35.5. The van der Waals surface area contributed by atoms with E-state index in [1.807, 2.05) is 32.0 Å². The molecule has 0 aliphatic heterocycles. The number of halogens is 1. The molecule has 1 aromatic heterocycles. The molecule has 1 heterocycles. The average molecular weight is 207 g/mol. The Hall–Kier alpha value is -1.15. The van der Waals surface area contributed by atoms with Crippen LogP contribution in [-0.2, 0) is 5.88 Å². The molecule has 0 spiro atoms. The zero-order valence-corrected chi connectivity index (χ0v) is 8.97. The quantitative estimate of drug-likeness (QED) is 0.671. The summed E-state index contributed by atoms with van der Waals surface area (Å²) >= 11 is 5.73. The minimum absolute atomic E-state index is 0.366. The summed E-state index contributed by atoms with van der Waals surface area (Å²) < 4.78 is 0. The molecule has 2 rings (SSSR count). The van der Waals surface area contributed by atoms with E-state index in [1.54, 1.807) is 0 Å². The third-order valence-electron chi connectivity index (χ3n) is 2.28. The van der Waals surface area contributed by atoms with Crippen LogP contribution >= 0.6 is 11.6 Å². The van der Waals surface area contributed by atoms with Crippen molar-refractivity contribution in [3.8, 4) is 0 Å². The first-order valence-electron chi connectivity index (χ1n) is 4.51. The first-order valence-corrected chi connectivity index (χ1v) is 5.04. The number of rotatable bonds is 1. The number of hydrogen-bond donors (Lipinski definition) is 0. The molecule has 0 aliphatic rings. The van der Waals surface area contributed by atoms with Crippen LogP contribution in [0.4, 0.5) is 0 Å². The van der Waals surface area contributed by atoms with E-state index in [2.05, 4.69) is 9.97 Å². The predicted octanol–water partition coefficient (Wildman–Crippen LogP) is 2.99. The Morgan fingerprint density at radius 2 is 2.00 bits per heavy atom. The van der Waals surface area contributed by atoms with E-state index >= 15 is 0 Å². The Kier molecular flexibility index (Phi) is 2.38. The van der Waals surface area contributed by atoms with Gasteiger partial charge in [-0.15, -0.1) is 11.6 Å². The highest BCUT2D eigenvalue weighted by molar-refractivity contribution is 6.16. The Morgan fingerprint density at radius 3 is 2.71 bits per heavy atom. The van der Waals surface area contributed by atoms with Crippen LogP contribution in [0.5, 0.6) is 0 Å². The van der Waals surface area contributed by atoms with Crippen molar-refractivity contribution in [1.82, 2.24) is 9.97 Å². The van der Waals surface area contributed by atoms with E-state index < -0.39 is 0 Å². The van der Waals surface area contributed by atoms with Gasteiger partial charge in [0.25, 0.3) is 0 Å². The standard InChI is InChI=1S/C11H11ClN2/c1-7-4-3-5-9-8(2)13-10(6-12)14-11(7)9/h3-5H,6H2,1-2H3. The molecule has 0 saturated carbocycles. The third kappa shape index (κ3) is 1.46. The second-order valence-electron chi connectivity index (χ2n) is 3.33. The third-order valence-corrected chi connectivity index (χ3v) is 2.52. The molecule has 14 heavy (non-hydrogen) atoms. The first kappa shape index (κ1) is 9.41. The summed E-state index contributed by atoms with van der Waals surface area (Å²) in [4.78, 5) is 8.73. The molecule has 0 unspecified atom stereocenters. The van der Waals surface area contributed by atoms with Crippen molar-refractivity contribution in [2.75, 3.05) is 0 Å². The second kappa shape index (κ2) is 3.54. The van der Waals surface area contributed by atoms with E-state index in [0.717, 1.165) is 16.6 Å². The Labute approximate surface area is 88.0 Å². The van der Waals surface area contributed by atoms with Crippen molar-refractivity contribution in [1.29, 1.82) is 0 Å². The summed E-state index contributed by atoms with van der Waals surface area (Å²) in [5, 5.41) is 1.11. The molecule has 3 heteroatoms. The van der Waals surface area contributed by atoms with Gasteiger partial charge in [-0.2, -0.15) is 0 Å². The predicted molar refractivity (Wildman–Crippen MR) is 58.6 cm³/mol. The molecule has 0 radical (unpaired) electrons. The number of fused-ring (bicyclic) bond motifs is 1. The first-order chi connectivity index (χ1) is 6.72. The van der Waals surface area contributed by atoms with Crippen LogP contribution in [-0.4, -0.2) is 9.97 Å². The van der Waals surface area contributed by atoms with E-state index in [1.165, 1.54) is 5.56 Å². The van der Waals surface area contributed by atoms with Crippen molar-refractivity contribution in [3.05, 3.63) is 35.3 Å². The number of nitrogens with zero attached hydrogens (tertiary/aromatic N) is 2. The minimum Gasteiger partial charge on any atom is -0.236 e. The fourth-order valence-corrected chi connectivity index (χ4v) is 1.69. The Bertz CT molecular complexity index is 480. The SMILES string of the molecule is Cc1nc(CCl)nc2c(C)cccc12. The van der Waals surface area contributed by atoms with Gasteiger partial charge >= 0.3 is 0 Å². The average Bonchev–Trinajstić information content (AvgIpc) is 2.19. The Balaban J connectivity index is 2.83. The van der Waals surface area contributed by atoms with Crippen molar-refractivity contribution >= 4 is 22.5 Å². The molecule has 0 amide bonds. The second-order valence-corrected chi connectivity index (χ2v) is 3.60. The molecule has 2 nitrogen and oxygen atoms in total. The Morgan fingerprint density at radius 1 is 1.21 bits per heavy atom. The molecule has 0 N–H and O–H groups in total. The van der Waals surface area contributed by atoms with E-state index in [9.17, 15) is 0 Å². The summed E-state index contributed by atoms with van der Waals surface area (Å²) in [7, 11) is 0. The van der Waals surface area contributed by atoms with Crippen molar-refractivity contribution < 1.29 is 0 Å². The van der Waals surface area contributed by atoms with Gasteiger partial charge in [0.2, 0.25) is 0 Å². The number of benzene rings is 1. The van der Waals surface area contributed by atoms with Gasteiger partial charge in [-0.25, -0.2) is 9.97 Å². The zero-order chi connectivity index (χ0) is 10.1. The van der Waals surface area contributed by atoms with Crippen molar-refractivity contribution in [3.63, 3.8) is 0 Å². The lowest BCUT2D eigenvalue weighted by Gasteiger charge is -2.05. The van der Waals surface area contributed by atoms with E-state index in [0.29, 0.717) is 11.7 Å². The topological polar surface area (TPSA) is 25.8 Å². The summed E-state index contributed by atoms with van der Waals surface area (Å²) in [6.45, 7) is 4.03. The van der Waals surface area contributed by atoms with Gasteiger partial charge < -0.3 is 0 Å². The fourth-order valence-electron chi connectivity index (χ4n) is 1.57. The van der Waals surface area contributed by atoms with Crippen LogP contribution in [0.25, 0.3) is 10.9 Å². The molecule has 0 atom stereocenters. The maximum absolute atomic E-state index is 5.73. The van der Waals surface area contributed by atoms with Crippen LogP contribution in [0, 0.1) is 13.8 Å². The lowest BCUT2D eigenvalue weighted by molar-refractivity contribution is 1.02. The number of hydrogen-bond acceptors (Lipinski definition) is 2. The molecular weight excluding hydrogens is 196 g/mol. The van der Waals surface area contributed by atoms with Crippen LogP contribution in [0.2, 0.25) is 0 Å². The number of para-hydroxylation sites is 1. The minimum atomic E-state index is 0.366. The van der Waals surface area contributed by atoms with E-state index in [-0.39, 0.29) is 0 Å². The summed E-state index contributed by atoms with van der Waals surface area (Å²) in [5.41, 5.74) is 3.17.